The molecule has 17 heteroatoms. The van der Waals surface area contributed by atoms with Crippen molar-refractivity contribution in [2.24, 2.45) is 0 Å². The lowest BCUT2D eigenvalue weighted by molar-refractivity contribution is -0.0365. The molecule has 4 aromatic carbocycles. The minimum absolute atomic E-state index is 0.0213. The van der Waals surface area contributed by atoms with E-state index in [2.05, 4.69) is 66.8 Å². The average molecular weight is 987 g/mol. The number of hydrogen-bond acceptors (Lipinski definition) is 9. The molecule has 0 spiro atoms. The number of hydroxylamine groups is 2. The molecule has 2 atom stereocenters. The number of nitrogens with one attached hydrogen (secondary N) is 4. The quantitative estimate of drug-likeness (QED) is 0.0483. The molecule has 0 aliphatic rings. The fourth-order valence-corrected chi connectivity index (χ4v) is 6.09. The number of carbonyl (C=O) groups is 2. The van der Waals surface area contributed by atoms with E-state index in [-0.39, 0.29) is 42.3 Å². The smallest absolute Gasteiger partial charge is 0.276 e. The van der Waals surface area contributed by atoms with Crippen LogP contribution in [0, 0.1) is 18.8 Å². The number of methoxy groups -OCH3 is 1. The SMILES string of the molecule is CCCC(O)CONC(=O)c1ccc(F)cc1Nc1ccc(I)cc1Cl.COCC(O)CONC(=O)c1ccc(F)cc1Nc1ccc(I)cc1Cl. The number of aliphatic hydroxyl groups excluding tert-OH is 2. The highest BCUT2D eigenvalue weighted by molar-refractivity contribution is 14.1. The normalized spacial score (nSPS) is 11.9. The number of ether oxygens (including phenoxy) is 1. The molecule has 0 fully saturated rings. The van der Waals surface area contributed by atoms with Gasteiger partial charge in [-0.05, 0) is 124 Å². The van der Waals surface area contributed by atoms with Gasteiger partial charge in [-0.2, -0.15) is 0 Å². The number of anilines is 4. The summed E-state index contributed by atoms with van der Waals surface area (Å²) >= 11 is 16.6. The highest BCUT2D eigenvalue weighted by atomic mass is 127. The van der Waals surface area contributed by atoms with Crippen LogP contribution in [0.1, 0.15) is 40.5 Å². The monoisotopic (exact) mass is 986 g/mol. The zero-order chi connectivity index (χ0) is 38.2. The van der Waals surface area contributed by atoms with Crippen molar-refractivity contribution in [2.75, 3.05) is 37.6 Å². The van der Waals surface area contributed by atoms with Gasteiger partial charge in [0.25, 0.3) is 11.8 Å². The van der Waals surface area contributed by atoms with Gasteiger partial charge in [0.1, 0.15) is 31.0 Å². The van der Waals surface area contributed by atoms with Crippen LogP contribution in [-0.4, -0.2) is 61.2 Å². The molecule has 11 nitrogen and oxygen atoms in total. The number of amides is 2. The van der Waals surface area contributed by atoms with Gasteiger partial charge >= 0.3 is 0 Å². The van der Waals surface area contributed by atoms with Crippen LogP contribution >= 0.6 is 68.4 Å². The zero-order valence-corrected chi connectivity index (χ0v) is 33.6. The molecule has 6 N–H and O–H groups in total. The van der Waals surface area contributed by atoms with Crippen molar-refractivity contribution in [1.82, 2.24) is 11.0 Å². The fourth-order valence-electron chi connectivity index (χ4n) is 4.28. The van der Waals surface area contributed by atoms with Gasteiger partial charge in [0.05, 0.1) is 56.6 Å². The molecule has 0 aromatic heterocycles. The molecular formula is C35H36Cl2F2I2N4O7. The third kappa shape index (κ3) is 14.5. The van der Waals surface area contributed by atoms with E-state index >= 15 is 0 Å². The van der Waals surface area contributed by atoms with Crippen LogP contribution in [0.5, 0.6) is 0 Å². The molecule has 0 saturated heterocycles. The predicted molar refractivity (Wildman–Crippen MR) is 213 cm³/mol. The number of aliphatic hydroxyl groups is 2. The standard InChI is InChI=1S/C18H19ClFIN2O3.C17H17ClFIN2O4/c1-2-3-13(24)10-26-23-18(25)14-6-4-11(20)8-17(14)22-16-7-5-12(21)9-15(16)19;1-25-8-12(23)9-26-22-17(24)13-4-2-10(19)6-16(13)21-15-5-3-11(20)7-14(15)18/h4-9,13,22,24H,2-3,10H2,1H3,(H,23,25);2-7,12,21,23H,8-9H2,1H3,(H,22,24). The lowest BCUT2D eigenvalue weighted by atomic mass is 10.1. The summed E-state index contributed by atoms with van der Waals surface area (Å²) in [6, 6.07) is 18.0. The van der Waals surface area contributed by atoms with Crippen molar-refractivity contribution < 1.29 is 43.0 Å². The van der Waals surface area contributed by atoms with Gasteiger partial charge in [0.15, 0.2) is 0 Å². The molecule has 0 aliphatic carbocycles. The Kier molecular flexibility index (Phi) is 18.7. The summed E-state index contributed by atoms with van der Waals surface area (Å²) in [6.45, 7) is 1.84. The molecule has 0 aliphatic heterocycles. The molecule has 2 unspecified atom stereocenters. The minimum atomic E-state index is -0.878. The highest BCUT2D eigenvalue weighted by Gasteiger charge is 2.17. The van der Waals surface area contributed by atoms with E-state index in [1.807, 2.05) is 19.1 Å². The molecule has 4 rings (SSSR count). The second-order valence-electron chi connectivity index (χ2n) is 10.9. The van der Waals surface area contributed by atoms with E-state index in [0.29, 0.717) is 27.8 Å². The fraction of sp³-hybridized carbons (Fsp3) is 0.257. The summed E-state index contributed by atoms with van der Waals surface area (Å²) in [5.41, 5.74) is 6.37. The van der Waals surface area contributed by atoms with Crippen LogP contribution < -0.4 is 21.6 Å². The summed E-state index contributed by atoms with van der Waals surface area (Å²) in [6.07, 6.45) is -0.153. The second-order valence-corrected chi connectivity index (χ2v) is 14.2. The van der Waals surface area contributed by atoms with Gasteiger partial charge in [-0.15, -0.1) is 0 Å². The largest absolute Gasteiger partial charge is 0.391 e. The van der Waals surface area contributed by atoms with Crippen LogP contribution in [0.25, 0.3) is 0 Å². The third-order valence-corrected chi connectivity index (χ3v) is 8.68. The molecule has 52 heavy (non-hydrogen) atoms. The highest BCUT2D eigenvalue weighted by Crippen LogP contribution is 2.30. The Morgan fingerprint density at radius 1 is 0.692 bits per heavy atom. The molecule has 0 saturated carbocycles. The number of halogens is 6. The number of benzene rings is 4. The van der Waals surface area contributed by atoms with E-state index < -0.39 is 35.7 Å². The van der Waals surface area contributed by atoms with Crippen molar-refractivity contribution in [3.63, 3.8) is 0 Å². The van der Waals surface area contributed by atoms with Crippen molar-refractivity contribution in [3.8, 4) is 0 Å². The summed E-state index contributed by atoms with van der Waals surface area (Å²) in [4.78, 5) is 34.6. The molecule has 0 heterocycles. The first-order chi connectivity index (χ1) is 24.8. The molecule has 280 valence electrons. The number of rotatable bonds is 16. The Labute approximate surface area is 336 Å². The van der Waals surface area contributed by atoms with Gasteiger partial charge in [-0.1, -0.05) is 36.5 Å². The summed E-state index contributed by atoms with van der Waals surface area (Å²) in [7, 11) is 1.44. The van der Waals surface area contributed by atoms with Gasteiger partial charge in [-0.3, -0.25) is 19.3 Å². The first-order valence-corrected chi connectivity index (χ1v) is 18.4. The van der Waals surface area contributed by atoms with Crippen molar-refractivity contribution in [3.05, 3.63) is 113 Å². The number of hydrogen-bond donors (Lipinski definition) is 6. The molecule has 0 bridgehead atoms. The van der Waals surface area contributed by atoms with Gasteiger partial charge in [0, 0.05) is 14.3 Å². The predicted octanol–water partition coefficient (Wildman–Crippen LogP) is 8.15. The molecular weight excluding hydrogens is 951 g/mol. The third-order valence-electron chi connectivity index (χ3n) is 6.72. The van der Waals surface area contributed by atoms with Crippen LogP contribution in [0.15, 0.2) is 72.8 Å². The van der Waals surface area contributed by atoms with Crippen molar-refractivity contribution >= 4 is 103 Å². The van der Waals surface area contributed by atoms with Crippen molar-refractivity contribution in [2.45, 2.75) is 32.0 Å². The van der Waals surface area contributed by atoms with Gasteiger partial charge in [0.2, 0.25) is 0 Å². The van der Waals surface area contributed by atoms with E-state index in [9.17, 15) is 28.6 Å². The lowest BCUT2D eigenvalue weighted by Crippen LogP contribution is -2.30. The topological polar surface area (TPSA) is 150 Å². The van der Waals surface area contributed by atoms with Crippen LogP contribution in [-0.2, 0) is 14.4 Å². The molecule has 4 aromatic rings. The Bertz CT molecular complexity index is 1680. The van der Waals surface area contributed by atoms with Crippen LogP contribution in [0.2, 0.25) is 10.0 Å². The van der Waals surface area contributed by atoms with Crippen molar-refractivity contribution in [1.29, 1.82) is 0 Å². The van der Waals surface area contributed by atoms with Crippen LogP contribution in [0.3, 0.4) is 0 Å². The Morgan fingerprint density at radius 2 is 1.13 bits per heavy atom. The molecule has 0 radical (unpaired) electrons. The van der Waals surface area contributed by atoms with E-state index in [1.165, 1.54) is 37.4 Å². The maximum Gasteiger partial charge on any atom is 0.276 e. The summed E-state index contributed by atoms with van der Waals surface area (Å²) < 4.78 is 33.9. The van der Waals surface area contributed by atoms with E-state index in [1.54, 1.807) is 24.3 Å². The van der Waals surface area contributed by atoms with Gasteiger partial charge in [-0.25, -0.2) is 19.7 Å². The zero-order valence-electron chi connectivity index (χ0n) is 27.8. The maximum atomic E-state index is 13.7. The molecule has 2 amide bonds. The summed E-state index contributed by atoms with van der Waals surface area (Å²) in [5.74, 6) is -2.16. The first kappa shape index (κ1) is 43.5. The first-order valence-electron chi connectivity index (χ1n) is 15.5. The lowest BCUT2D eigenvalue weighted by Gasteiger charge is -2.14. The van der Waals surface area contributed by atoms with E-state index in [0.717, 1.165) is 19.6 Å². The second kappa shape index (κ2) is 22.4. The van der Waals surface area contributed by atoms with Gasteiger partial charge < -0.3 is 25.6 Å². The Balaban J connectivity index is 0.000000280. The summed E-state index contributed by atoms with van der Waals surface area (Å²) in [5, 5.41) is 25.9. The van der Waals surface area contributed by atoms with Crippen LogP contribution in [0.4, 0.5) is 31.5 Å². The maximum absolute atomic E-state index is 13.7. The average Bonchev–Trinajstić information content (AvgIpc) is 3.08. The Hall–Kier alpha value is -2.88. The minimum Gasteiger partial charge on any atom is -0.391 e. The number of carbonyl (C=O) groups excluding carboxylic acids is 2. The van der Waals surface area contributed by atoms with E-state index in [4.69, 9.17) is 37.6 Å². The Morgan fingerprint density at radius 3 is 1.54 bits per heavy atom.